The quantitative estimate of drug-likeness (QED) is 0.844. The van der Waals surface area contributed by atoms with Crippen molar-refractivity contribution in [3.63, 3.8) is 0 Å². The van der Waals surface area contributed by atoms with Crippen LogP contribution in [0.15, 0.2) is 35.9 Å². The number of carbonyl (C=O) groups excluding carboxylic acids is 1. The van der Waals surface area contributed by atoms with E-state index in [0.717, 1.165) is 12.0 Å². The molecule has 1 aromatic carbocycles. The molecule has 1 atom stereocenters. The maximum atomic E-state index is 12.5. The molecule has 0 aliphatic carbocycles. The van der Waals surface area contributed by atoms with E-state index < -0.39 is 0 Å². The Hall–Kier alpha value is -1.90. The zero-order valence-corrected chi connectivity index (χ0v) is 13.3. The summed E-state index contributed by atoms with van der Waals surface area (Å²) in [4.78, 5) is 14.3. The summed E-state index contributed by atoms with van der Waals surface area (Å²) in [5.41, 5.74) is 3.68. The molecular formula is C18H24N2O. The van der Waals surface area contributed by atoms with E-state index in [9.17, 15) is 4.79 Å². The van der Waals surface area contributed by atoms with Crippen molar-refractivity contribution in [2.24, 2.45) is 5.92 Å². The average Bonchev–Trinajstić information content (AvgIpc) is 2.47. The summed E-state index contributed by atoms with van der Waals surface area (Å²) < 4.78 is 0. The molecule has 0 spiro atoms. The second-order valence-electron chi connectivity index (χ2n) is 6.08. The molecule has 0 fully saturated rings. The SMILES string of the molecule is C/C(=C\C(=N)C(=O)N1CCc2ccccc2C1C)C(C)C. The topological polar surface area (TPSA) is 44.2 Å². The highest BCUT2D eigenvalue weighted by Gasteiger charge is 2.28. The predicted molar refractivity (Wildman–Crippen MR) is 86.6 cm³/mol. The third-order valence-corrected chi connectivity index (χ3v) is 4.37. The van der Waals surface area contributed by atoms with Crippen molar-refractivity contribution >= 4 is 11.6 Å². The molecule has 0 radical (unpaired) electrons. The van der Waals surface area contributed by atoms with E-state index in [2.05, 4.69) is 26.0 Å². The standard InChI is InChI=1S/C18H24N2O/c1-12(2)13(3)11-17(19)18(21)20-10-9-15-7-5-6-8-16(15)14(20)4/h5-8,11-12,14,19H,9-10H2,1-4H3/b13-11+,19-17?. The van der Waals surface area contributed by atoms with Crippen LogP contribution in [0.2, 0.25) is 0 Å². The van der Waals surface area contributed by atoms with Gasteiger partial charge in [0.1, 0.15) is 5.71 Å². The summed E-state index contributed by atoms with van der Waals surface area (Å²) >= 11 is 0. The largest absolute Gasteiger partial charge is 0.330 e. The van der Waals surface area contributed by atoms with Crippen LogP contribution >= 0.6 is 0 Å². The molecule has 1 aliphatic rings. The molecule has 1 amide bonds. The highest BCUT2D eigenvalue weighted by Crippen LogP contribution is 2.29. The van der Waals surface area contributed by atoms with Crippen LogP contribution in [0, 0.1) is 11.3 Å². The number of rotatable bonds is 3. The molecule has 0 saturated heterocycles. The summed E-state index contributed by atoms with van der Waals surface area (Å²) in [5, 5.41) is 8.06. The number of carbonyl (C=O) groups is 1. The van der Waals surface area contributed by atoms with Crippen LogP contribution in [0.5, 0.6) is 0 Å². The highest BCUT2D eigenvalue weighted by molar-refractivity contribution is 6.42. The second-order valence-corrected chi connectivity index (χ2v) is 6.08. The van der Waals surface area contributed by atoms with Crippen LogP contribution in [0.4, 0.5) is 0 Å². The fourth-order valence-electron chi connectivity index (χ4n) is 2.66. The first-order valence-corrected chi connectivity index (χ1v) is 7.57. The van der Waals surface area contributed by atoms with Crippen molar-refractivity contribution in [2.45, 2.75) is 40.2 Å². The van der Waals surface area contributed by atoms with Gasteiger partial charge < -0.3 is 4.90 Å². The van der Waals surface area contributed by atoms with E-state index in [4.69, 9.17) is 5.41 Å². The van der Waals surface area contributed by atoms with Gasteiger partial charge >= 0.3 is 0 Å². The lowest BCUT2D eigenvalue weighted by atomic mass is 9.93. The molecule has 21 heavy (non-hydrogen) atoms. The number of hydrogen-bond donors (Lipinski definition) is 1. The Morgan fingerprint density at radius 1 is 1.38 bits per heavy atom. The minimum absolute atomic E-state index is 0.0376. The lowest BCUT2D eigenvalue weighted by molar-refractivity contribution is -0.126. The van der Waals surface area contributed by atoms with Crippen LogP contribution < -0.4 is 0 Å². The first kappa shape index (κ1) is 15.5. The highest BCUT2D eigenvalue weighted by atomic mass is 16.2. The van der Waals surface area contributed by atoms with E-state index in [0.29, 0.717) is 12.5 Å². The molecule has 1 aromatic rings. The molecule has 112 valence electrons. The smallest absolute Gasteiger partial charge is 0.272 e. The van der Waals surface area contributed by atoms with Crippen LogP contribution in [0.25, 0.3) is 0 Å². The van der Waals surface area contributed by atoms with Gasteiger partial charge in [0, 0.05) is 6.54 Å². The Morgan fingerprint density at radius 2 is 2.05 bits per heavy atom. The van der Waals surface area contributed by atoms with Crippen LogP contribution in [0.1, 0.15) is 44.9 Å². The Balaban J connectivity index is 2.18. The number of allylic oxidation sites excluding steroid dienone is 1. The lowest BCUT2D eigenvalue weighted by Gasteiger charge is -2.35. The van der Waals surface area contributed by atoms with Crippen LogP contribution in [0.3, 0.4) is 0 Å². The van der Waals surface area contributed by atoms with Gasteiger partial charge in [-0.05, 0) is 43.4 Å². The summed E-state index contributed by atoms with van der Waals surface area (Å²) in [6, 6.07) is 8.30. The van der Waals surface area contributed by atoms with Gasteiger partial charge in [-0.1, -0.05) is 43.7 Å². The Kier molecular flexibility index (Phi) is 4.61. The van der Waals surface area contributed by atoms with Crippen molar-refractivity contribution < 1.29 is 4.79 Å². The predicted octanol–water partition coefficient (Wildman–Crippen LogP) is 3.75. The number of nitrogens with one attached hydrogen (secondary N) is 1. The lowest BCUT2D eigenvalue weighted by Crippen LogP contribution is -2.42. The summed E-state index contributed by atoms with van der Waals surface area (Å²) in [6.45, 7) is 8.85. The van der Waals surface area contributed by atoms with E-state index >= 15 is 0 Å². The summed E-state index contributed by atoms with van der Waals surface area (Å²) in [6.07, 6.45) is 2.58. The van der Waals surface area contributed by atoms with Gasteiger partial charge in [-0.25, -0.2) is 0 Å². The molecule has 1 aliphatic heterocycles. The van der Waals surface area contributed by atoms with Crippen molar-refractivity contribution in [2.75, 3.05) is 6.54 Å². The van der Waals surface area contributed by atoms with Gasteiger partial charge in [0.2, 0.25) is 0 Å². The third-order valence-electron chi connectivity index (χ3n) is 4.37. The monoisotopic (exact) mass is 284 g/mol. The summed E-state index contributed by atoms with van der Waals surface area (Å²) in [7, 11) is 0. The molecular weight excluding hydrogens is 260 g/mol. The maximum absolute atomic E-state index is 12.5. The average molecular weight is 284 g/mol. The van der Waals surface area contributed by atoms with E-state index in [-0.39, 0.29) is 17.7 Å². The van der Waals surface area contributed by atoms with Crippen molar-refractivity contribution in [3.05, 3.63) is 47.0 Å². The number of hydrogen-bond acceptors (Lipinski definition) is 2. The van der Waals surface area contributed by atoms with Crippen molar-refractivity contribution in [1.82, 2.24) is 4.90 Å². The summed E-state index contributed by atoms with van der Waals surface area (Å²) in [5.74, 6) is 0.189. The number of amides is 1. The molecule has 0 bridgehead atoms. The van der Waals surface area contributed by atoms with Crippen molar-refractivity contribution in [1.29, 1.82) is 5.41 Å². The van der Waals surface area contributed by atoms with Gasteiger partial charge in [-0.2, -0.15) is 0 Å². The maximum Gasteiger partial charge on any atom is 0.272 e. The first-order chi connectivity index (χ1) is 9.91. The van der Waals surface area contributed by atoms with E-state index in [1.807, 2.05) is 30.9 Å². The Bertz CT molecular complexity index is 587. The number of nitrogens with zero attached hydrogens (tertiary/aromatic N) is 1. The zero-order chi connectivity index (χ0) is 15.6. The Labute approximate surface area is 127 Å². The third kappa shape index (κ3) is 3.23. The second kappa shape index (κ2) is 6.25. The molecule has 1 unspecified atom stereocenters. The number of benzene rings is 1. The molecule has 3 heteroatoms. The molecule has 1 N–H and O–H groups in total. The molecule has 1 heterocycles. The van der Waals surface area contributed by atoms with Gasteiger partial charge in [-0.15, -0.1) is 0 Å². The minimum Gasteiger partial charge on any atom is -0.330 e. The van der Waals surface area contributed by atoms with Crippen molar-refractivity contribution in [3.8, 4) is 0 Å². The zero-order valence-electron chi connectivity index (χ0n) is 13.3. The van der Waals surface area contributed by atoms with Crippen LogP contribution in [-0.2, 0) is 11.2 Å². The first-order valence-electron chi connectivity index (χ1n) is 7.57. The van der Waals surface area contributed by atoms with Gasteiger partial charge in [0.05, 0.1) is 6.04 Å². The molecule has 0 aromatic heterocycles. The normalized spacial score (nSPS) is 18.6. The molecule has 0 saturated carbocycles. The minimum atomic E-state index is -0.169. The van der Waals surface area contributed by atoms with E-state index in [1.54, 1.807) is 6.08 Å². The fourth-order valence-corrected chi connectivity index (χ4v) is 2.66. The fraction of sp³-hybridized carbons (Fsp3) is 0.444. The number of fused-ring (bicyclic) bond motifs is 1. The van der Waals surface area contributed by atoms with Gasteiger partial charge in [0.25, 0.3) is 5.91 Å². The van der Waals surface area contributed by atoms with Gasteiger partial charge in [0.15, 0.2) is 0 Å². The Morgan fingerprint density at radius 3 is 2.71 bits per heavy atom. The molecule has 2 rings (SSSR count). The molecule has 3 nitrogen and oxygen atoms in total. The van der Waals surface area contributed by atoms with E-state index in [1.165, 1.54) is 11.1 Å². The van der Waals surface area contributed by atoms with Crippen LogP contribution in [-0.4, -0.2) is 23.1 Å². The van der Waals surface area contributed by atoms with Gasteiger partial charge in [-0.3, -0.25) is 10.2 Å².